The Morgan fingerprint density at radius 3 is 1.11 bits per heavy atom. The van der Waals surface area contributed by atoms with Crippen molar-refractivity contribution in [2.45, 2.75) is 0 Å². The van der Waals surface area contributed by atoms with Crippen LogP contribution in [0.2, 0.25) is 0 Å². The lowest BCUT2D eigenvalue weighted by Crippen LogP contribution is -1.91. The molecule has 0 N–H and O–H groups in total. The standard InChI is InChI=1S/C46H30/c1-3-15-37-31(11-1)13-9-21-39(37)33-23-27-35(28-24-33)45-41-17-5-7-19-43(41)46(44-20-8-6-18-42(44)45)36-29-25-34(26-30-36)40-22-10-14-32-12-2-4-16-38(32)40/h1-30H/i1D,2D,3D,4D,5D,6D,7D,8D,9D,10D,11D,12D,13D,14D,15D,16D,17D,18D,19D,20D,21D,22D,23D,24D,25D,27D,28D,29D,30D. The zero-order chi connectivity index (χ0) is 55.7. The monoisotopic (exact) mass is 611 g/mol. The summed E-state index contributed by atoms with van der Waals surface area (Å²) in [5, 5.41) is -5.16. The van der Waals surface area contributed by atoms with E-state index in [4.69, 9.17) is 24.7 Å². The van der Waals surface area contributed by atoms with Gasteiger partial charge in [0, 0.05) is 0 Å². The predicted octanol–water partition coefficient (Wildman–Crippen LogP) is 13.0. The van der Waals surface area contributed by atoms with E-state index < -0.39 is 263 Å². The highest BCUT2D eigenvalue weighted by Crippen LogP contribution is 2.44. The lowest BCUT2D eigenvalue weighted by atomic mass is 9.85. The normalized spacial score (nSPS) is 20.3. The third kappa shape index (κ3) is 4.30. The Bertz CT molecular complexity index is 4090. The van der Waals surface area contributed by atoms with Crippen LogP contribution in [0.25, 0.3) is 87.6 Å². The molecular formula is C46H30. The third-order valence-electron chi connectivity index (χ3n) is 7.33. The minimum atomic E-state index is -1.10. The minimum absolute atomic E-state index is 0.508. The van der Waals surface area contributed by atoms with Crippen molar-refractivity contribution in [1.82, 2.24) is 0 Å². The Morgan fingerprint density at radius 2 is 0.609 bits per heavy atom. The van der Waals surface area contributed by atoms with Gasteiger partial charge in [0.25, 0.3) is 0 Å². The molecule has 0 bridgehead atoms. The molecule has 0 saturated heterocycles. The Hall–Kier alpha value is -5.98. The highest BCUT2D eigenvalue weighted by Gasteiger charge is 2.17. The first kappa shape index (κ1) is 10.3. The average molecular weight is 612 g/mol. The molecule has 9 rings (SSSR count). The summed E-state index contributed by atoms with van der Waals surface area (Å²) in [5.74, 6) is 0. The number of hydrogen-bond donors (Lipinski definition) is 0. The molecule has 0 unspecified atom stereocenters. The summed E-state index contributed by atoms with van der Waals surface area (Å²) < 4.78 is 259. The SMILES string of the molecule is [2H]c1cc(-c2c([2H])c([2H])c([2H])c3c([2H])c([2H])c([2H])c([2H])c23)c([2H])c([2H])c1-c1c2c([2H])c([2H])c([2H])c([2H])c2c(-c2c([2H])c([2H])c(-c3c([2H])c([2H])c([2H])c4c([2H])c([2H])c([2H])c([2H])c34)c([2H])c2[2H])c2c([2H])c([2H])c([2H])c([2H])c12. The quantitative estimate of drug-likeness (QED) is 0.174. The first-order chi connectivity index (χ1) is 34.9. The van der Waals surface area contributed by atoms with E-state index in [9.17, 15) is 15.1 Å². The van der Waals surface area contributed by atoms with Crippen LogP contribution in [0.4, 0.5) is 0 Å². The van der Waals surface area contributed by atoms with E-state index in [-0.39, 0.29) is 0 Å². The van der Waals surface area contributed by atoms with Gasteiger partial charge in [0.1, 0.15) is 0 Å². The van der Waals surface area contributed by atoms with Crippen molar-refractivity contribution in [3.05, 3.63) is 181 Å². The van der Waals surface area contributed by atoms with Gasteiger partial charge >= 0.3 is 0 Å². The molecule has 0 atom stereocenters. The summed E-state index contributed by atoms with van der Waals surface area (Å²) in [6, 6.07) is -25.9. The number of benzene rings is 9. The summed E-state index contributed by atoms with van der Waals surface area (Å²) >= 11 is 0. The van der Waals surface area contributed by atoms with Crippen LogP contribution in [0.5, 0.6) is 0 Å². The van der Waals surface area contributed by atoms with Crippen molar-refractivity contribution in [3.8, 4) is 44.5 Å². The van der Waals surface area contributed by atoms with E-state index in [1.165, 1.54) is 0 Å². The molecule has 0 amide bonds. The second kappa shape index (κ2) is 10.9. The van der Waals surface area contributed by atoms with Gasteiger partial charge in [-0.25, -0.2) is 0 Å². The Balaban J connectivity index is 1.50. The van der Waals surface area contributed by atoms with Gasteiger partial charge in [0.05, 0.1) is 39.8 Å². The van der Waals surface area contributed by atoms with Gasteiger partial charge in [-0.2, -0.15) is 0 Å². The average Bonchev–Trinajstić information content (AvgIpc) is 3.37. The van der Waals surface area contributed by atoms with E-state index in [1.807, 2.05) is 0 Å². The van der Waals surface area contributed by atoms with Gasteiger partial charge in [-0.15, -0.1) is 0 Å². The van der Waals surface area contributed by atoms with Gasteiger partial charge in [0.2, 0.25) is 0 Å². The van der Waals surface area contributed by atoms with E-state index in [1.54, 1.807) is 0 Å². The zero-order valence-electron chi connectivity index (χ0n) is 52.1. The topological polar surface area (TPSA) is 0 Å². The van der Waals surface area contributed by atoms with Crippen molar-refractivity contribution in [3.63, 3.8) is 0 Å². The Morgan fingerprint density at radius 1 is 0.261 bits per heavy atom. The maximum Gasteiger partial charge on any atom is 0.0629 e. The first-order valence-corrected chi connectivity index (χ1v) is 13.6. The van der Waals surface area contributed by atoms with Crippen molar-refractivity contribution in [1.29, 1.82) is 0 Å². The van der Waals surface area contributed by atoms with Crippen molar-refractivity contribution >= 4 is 43.1 Å². The van der Waals surface area contributed by atoms with Crippen LogP contribution in [-0.2, 0) is 0 Å². The molecule has 214 valence electrons. The van der Waals surface area contributed by atoms with E-state index >= 15 is 0 Å². The highest BCUT2D eigenvalue weighted by molar-refractivity contribution is 6.21. The maximum atomic E-state index is 9.53. The molecule has 0 aliphatic rings. The van der Waals surface area contributed by atoms with Gasteiger partial charge in [-0.3, -0.25) is 0 Å². The minimum Gasteiger partial charge on any atom is -0.0616 e. The predicted molar refractivity (Wildman–Crippen MR) is 198 cm³/mol. The van der Waals surface area contributed by atoms with Crippen molar-refractivity contribution in [2.75, 3.05) is 0 Å². The smallest absolute Gasteiger partial charge is 0.0616 e. The van der Waals surface area contributed by atoms with E-state index in [0.29, 0.717) is 0 Å². The van der Waals surface area contributed by atoms with Crippen LogP contribution in [-0.4, -0.2) is 0 Å². The summed E-state index contributed by atoms with van der Waals surface area (Å²) in [6.07, 6.45) is 0. The van der Waals surface area contributed by atoms with Crippen LogP contribution in [0.3, 0.4) is 0 Å². The molecule has 0 nitrogen and oxygen atoms in total. The summed E-state index contributed by atoms with van der Waals surface area (Å²) in [4.78, 5) is 0. The van der Waals surface area contributed by atoms with Crippen molar-refractivity contribution < 1.29 is 39.8 Å². The second-order valence-electron chi connectivity index (χ2n) is 9.83. The van der Waals surface area contributed by atoms with Gasteiger partial charge in [0.15, 0.2) is 0 Å². The molecule has 0 aliphatic carbocycles. The molecule has 0 heteroatoms. The fourth-order valence-corrected chi connectivity index (χ4v) is 5.32. The van der Waals surface area contributed by atoms with Crippen LogP contribution in [0.1, 0.15) is 39.8 Å². The van der Waals surface area contributed by atoms with E-state index in [2.05, 4.69) is 0 Å². The largest absolute Gasteiger partial charge is 0.0629 e. The fourth-order valence-electron chi connectivity index (χ4n) is 5.32. The Kier molecular flexibility index (Phi) is 2.43. The lowest BCUT2D eigenvalue weighted by Gasteiger charge is -2.18. The summed E-state index contributed by atoms with van der Waals surface area (Å²) in [6.45, 7) is 0. The molecule has 0 aromatic heterocycles. The van der Waals surface area contributed by atoms with E-state index in [0.717, 1.165) is 6.07 Å². The third-order valence-corrected chi connectivity index (χ3v) is 7.33. The molecule has 0 radical (unpaired) electrons. The summed E-state index contributed by atoms with van der Waals surface area (Å²) in [7, 11) is 0. The van der Waals surface area contributed by atoms with Crippen molar-refractivity contribution in [2.24, 2.45) is 0 Å². The van der Waals surface area contributed by atoms with Gasteiger partial charge in [-0.1, -0.05) is 181 Å². The molecule has 0 fully saturated rings. The second-order valence-corrected chi connectivity index (χ2v) is 9.83. The van der Waals surface area contributed by atoms with Crippen LogP contribution in [0, 0.1) is 0 Å². The maximum absolute atomic E-state index is 9.53. The van der Waals surface area contributed by atoms with Gasteiger partial charge < -0.3 is 0 Å². The highest BCUT2D eigenvalue weighted by atomic mass is 14.2. The molecule has 9 aromatic rings. The number of fused-ring (bicyclic) bond motifs is 4. The molecule has 0 aliphatic heterocycles. The lowest BCUT2D eigenvalue weighted by molar-refractivity contribution is 1.62. The van der Waals surface area contributed by atoms with Crippen LogP contribution >= 0.6 is 0 Å². The molecular weight excluding hydrogens is 553 g/mol. The molecule has 0 saturated carbocycles. The van der Waals surface area contributed by atoms with Gasteiger partial charge in [-0.05, 0) is 87.6 Å². The number of hydrogen-bond acceptors (Lipinski definition) is 0. The molecule has 9 aromatic carbocycles. The Labute approximate surface area is 309 Å². The van der Waals surface area contributed by atoms with Crippen LogP contribution < -0.4 is 0 Å². The molecule has 0 heterocycles. The summed E-state index contributed by atoms with van der Waals surface area (Å²) in [5.41, 5.74) is -5.69. The number of rotatable bonds is 4. The van der Waals surface area contributed by atoms with Crippen LogP contribution in [0.15, 0.2) is 181 Å². The fraction of sp³-hybridized carbons (Fsp3) is 0. The molecule has 46 heavy (non-hydrogen) atoms. The zero-order valence-corrected chi connectivity index (χ0v) is 23.1. The first-order valence-electron chi connectivity index (χ1n) is 28.1. The molecule has 0 spiro atoms.